The van der Waals surface area contributed by atoms with Crippen LogP contribution in [0, 0.1) is 0 Å². The summed E-state index contributed by atoms with van der Waals surface area (Å²) in [4.78, 5) is 15.8. The van der Waals surface area contributed by atoms with Crippen molar-refractivity contribution in [1.82, 2.24) is 10.4 Å². The molecule has 7 heteroatoms. The number of hydrogen-bond acceptors (Lipinski definition) is 6. The molecule has 2 N–H and O–H groups in total. The molecular weight excluding hydrogens is 286 g/mol. The van der Waals surface area contributed by atoms with E-state index in [9.17, 15) is 4.79 Å². The molecule has 0 radical (unpaired) electrons. The second-order valence-corrected chi connectivity index (χ2v) is 4.51. The molecule has 0 aliphatic carbocycles. The van der Waals surface area contributed by atoms with Gasteiger partial charge in [-0.2, -0.15) is 5.10 Å². The van der Waals surface area contributed by atoms with Crippen molar-refractivity contribution in [3.05, 3.63) is 53.3 Å². The third-order valence-electron chi connectivity index (χ3n) is 3.03. The van der Waals surface area contributed by atoms with Crippen LogP contribution < -0.4 is 14.9 Å². The molecule has 0 saturated heterocycles. The fourth-order valence-corrected chi connectivity index (χ4v) is 1.88. The van der Waals surface area contributed by atoms with Crippen LogP contribution in [0.4, 0.5) is 0 Å². The van der Waals surface area contributed by atoms with Crippen molar-refractivity contribution in [2.45, 2.75) is 6.61 Å². The molecule has 0 unspecified atom stereocenters. The van der Waals surface area contributed by atoms with E-state index in [1.807, 2.05) is 0 Å². The first-order valence-electron chi connectivity index (χ1n) is 6.55. The summed E-state index contributed by atoms with van der Waals surface area (Å²) in [6.07, 6.45) is 2.90. The summed E-state index contributed by atoms with van der Waals surface area (Å²) >= 11 is 0. The first kappa shape index (κ1) is 14.0. The number of fused-ring (bicyclic) bond motifs is 1. The van der Waals surface area contributed by atoms with Gasteiger partial charge in [0.1, 0.15) is 0 Å². The molecule has 0 atom stereocenters. The number of carbonyl (C=O) groups is 1. The summed E-state index contributed by atoms with van der Waals surface area (Å²) < 4.78 is 10.5. The van der Waals surface area contributed by atoms with Crippen LogP contribution in [-0.2, 0) is 6.61 Å². The maximum atomic E-state index is 11.8. The molecule has 2 aromatic rings. The van der Waals surface area contributed by atoms with Gasteiger partial charge in [0.25, 0.3) is 5.91 Å². The number of nitrogens with zero attached hydrogens (tertiary/aromatic N) is 2. The molecule has 1 aromatic heterocycles. The highest BCUT2D eigenvalue weighted by Gasteiger charge is 2.12. The van der Waals surface area contributed by atoms with Crippen LogP contribution in [0.5, 0.6) is 11.5 Å². The lowest BCUT2D eigenvalue weighted by molar-refractivity contribution is 0.0954. The first-order chi connectivity index (χ1) is 10.8. The Morgan fingerprint density at radius 1 is 1.32 bits per heavy atom. The molecule has 1 aliphatic heterocycles. The highest BCUT2D eigenvalue weighted by atomic mass is 16.7. The summed E-state index contributed by atoms with van der Waals surface area (Å²) in [7, 11) is 0. The minimum Gasteiger partial charge on any atom is -0.454 e. The highest BCUT2D eigenvalue weighted by Crippen LogP contribution is 2.31. The lowest BCUT2D eigenvalue weighted by atomic mass is 10.2. The van der Waals surface area contributed by atoms with Gasteiger partial charge in [0, 0.05) is 6.20 Å². The molecule has 3 rings (SSSR count). The van der Waals surface area contributed by atoms with E-state index >= 15 is 0 Å². The summed E-state index contributed by atoms with van der Waals surface area (Å²) in [5, 5.41) is 12.8. The number of amides is 1. The molecule has 0 saturated carbocycles. The average molecular weight is 299 g/mol. The molecule has 112 valence electrons. The lowest BCUT2D eigenvalue weighted by Gasteiger charge is -2.01. The van der Waals surface area contributed by atoms with E-state index in [1.165, 1.54) is 12.4 Å². The standard InChI is InChI=1S/C15H13N3O4/c19-8-12-3-2-11(7-16-12)15(20)18-17-6-10-1-4-13-14(5-10)22-9-21-13/h1-7,19H,8-9H2,(H,18,20)/b17-6+. The van der Waals surface area contributed by atoms with Crippen LogP contribution in [0.2, 0.25) is 0 Å². The van der Waals surface area contributed by atoms with E-state index in [-0.39, 0.29) is 19.3 Å². The molecule has 1 aliphatic rings. The Morgan fingerprint density at radius 3 is 2.95 bits per heavy atom. The van der Waals surface area contributed by atoms with Crippen molar-refractivity contribution in [1.29, 1.82) is 0 Å². The Bertz CT molecular complexity index is 713. The minimum atomic E-state index is -0.381. The maximum Gasteiger partial charge on any atom is 0.272 e. The number of hydrazone groups is 1. The number of benzene rings is 1. The lowest BCUT2D eigenvalue weighted by Crippen LogP contribution is -2.17. The quantitative estimate of drug-likeness (QED) is 0.650. The number of aliphatic hydroxyl groups is 1. The van der Waals surface area contributed by atoms with E-state index < -0.39 is 0 Å². The van der Waals surface area contributed by atoms with Gasteiger partial charge in [-0.25, -0.2) is 5.43 Å². The molecular formula is C15H13N3O4. The number of aromatic nitrogens is 1. The molecule has 0 fully saturated rings. The predicted octanol–water partition coefficient (Wildman–Crippen LogP) is 1.07. The van der Waals surface area contributed by atoms with E-state index in [0.29, 0.717) is 22.8 Å². The van der Waals surface area contributed by atoms with Crippen LogP contribution >= 0.6 is 0 Å². The van der Waals surface area contributed by atoms with Crippen molar-refractivity contribution >= 4 is 12.1 Å². The zero-order chi connectivity index (χ0) is 15.4. The van der Waals surface area contributed by atoms with E-state index in [1.54, 1.807) is 30.3 Å². The normalized spacial score (nSPS) is 12.6. The second kappa shape index (κ2) is 6.23. The molecule has 1 aromatic carbocycles. The van der Waals surface area contributed by atoms with Gasteiger partial charge in [0.15, 0.2) is 11.5 Å². The molecule has 7 nitrogen and oxygen atoms in total. The highest BCUT2D eigenvalue weighted by molar-refractivity contribution is 5.94. The molecule has 0 spiro atoms. The van der Waals surface area contributed by atoms with Crippen molar-refractivity contribution in [3.8, 4) is 11.5 Å². The number of rotatable bonds is 4. The Hall–Kier alpha value is -2.93. The Balaban J connectivity index is 1.62. The largest absolute Gasteiger partial charge is 0.454 e. The van der Waals surface area contributed by atoms with Crippen LogP contribution in [-0.4, -0.2) is 29.0 Å². The number of hydrogen-bond donors (Lipinski definition) is 2. The van der Waals surface area contributed by atoms with Gasteiger partial charge in [-0.1, -0.05) is 0 Å². The maximum absolute atomic E-state index is 11.8. The summed E-state index contributed by atoms with van der Waals surface area (Å²) in [5.41, 5.74) is 4.05. The number of pyridine rings is 1. The van der Waals surface area contributed by atoms with Crippen LogP contribution in [0.3, 0.4) is 0 Å². The smallest absolute Gasteiger partial charge is 0.272 e. The molecule has 0 bridgehead atoms. The number of nitrogens with one attached hydrogen (secondary N) is 1. The fraction of sp³-hybridized carbons (Fsp3) is 0.133. The number of aliphatic hydroxyl groups excluding tert-OH is 1. The fourth-order valence-electron chi connectivity index (χ4n) is 1.88. The molecule has 22 heavy (non-hydrogen) atoms. The molecule has 2 heterocycles. The van der Waals surface area contributed by atoms with Gasteiger partial charge in [0.2, 0.25) is 6.79 Å². The zero-order valence-electron chi connectivity index (χ0n) is 11.5. The second-order valence-electron chi connectivity index (χ2n) is 4.51. The van der Waals surface area contributed by atoms with Gasteiger partial charge >= 0.3 is 0 Å². The van der Waals surface area contributed by atoms with E-state index in [0.717, 1.165) is 5.56 Å². The topological polar surface area (TPSA) is 93.0 Å². The van der Waals surface area contributed by atoms with Crippen LogP contribution in [0.25, 0.3) is 0 Å². The van der Waals surface area contributed by atoms with Crippen molar-refractivity contribution in [2.24, 2.45) is 5.10 Å². The Kier molecular flexibility index (Phi) is 3.97. The van der Waals surface area contributed by atoms with Crippen molar-refractivity contribution in [3.63, 3.8) is 0 Å². The van der Waals surface area contributed by atoms with Gasteiger partial charge in [-0.05, 0) is 35.9 Å². The van der Waals surface area contributed by atoms with Crippen LogP contribution in [0.1, 0.15) is 21.6 Å². The number of ether oxygens (including phenoxy) is 2. The first-order valence-corrected chi connectivity index (χ1v) is 6.55. The SMILES string of the molecule is O=C(N/N=C/c1ccc2c(c1)OCO2)c1ccc(CO)nc1. The van der Waals surface area contributed by atoms with Gasteiger partial charge in [-0.3, -0.25) is 9.78 Å². The third-order valence-corrected chi connectivity index (χ3v) is 3.03. The van der Waals surface area contributed by atoms with Gasteiger partial charge in [-0.15, -0.1) is 0 Å². The number of carbonyl (C=O) groups excluding carboxylic acids is 1. The summed E-state index contributed by atoms with van der Waals surface area (Å²) in [6, 6.07) is 8.51. The Morgan fingerprint density at radius 2 is 2.18 bits per heavy atom. The molecule has 1 amide bonds. The van der Waals surface area contributed by atoms with Crippen molar-refractivity contribution < 1.29 is 19.4 Å². The average Bonchev–Trinajstić information content (AvgIpc) is 3.02. The Labute approximate surface area is 126 Å². The summed E-state index contributed by atoms with van der Waals surface area (Å²) in [6.45, 7) is 0.0493. The van der Waals surface area contributed by atoms with E-state index in [4.69, 9.17) is 14.6 Å². The monoisotopic (exact) mass is 299 g/mol. The zero-order valence-corrected chi connectivity index (χ0v) is 11.5. The minimum absolute atomic E-state index is 0.163. The third kappa shape index (κ3) is 3.04. The van der Waals surface area contributed by atoms with Crippen molar-refractivity contribution in [2.75, 3.05) is 6.79 Å². The van der Waals surface area contributed by atoms with Crippen LogP contribution in [0.15, 0.2) is 41.6 Å². The summed E-state index contributed by atoms with van der Waals surface area (Å²) in [5.74, 6) is 0.962. The van der Waals surface area contributed by atoms with E-state index in [2.05, 4.69) is 15.5 Å². The van der Waals surface area contributed by atoms with Gasteiger partial charge < -0.3 is 14.6 Å². The predicted molar refractivity (Wildman–Crippen MR) is 77.8 cm³/mol. The van der Waals surface area contributed by atoms with Gasteiger partial charge in [0.05, 0.1) is 24.1 Å².